The smallest absolute Gasteiger partial charge is 0.227 e. The van der Waals surface area contributed by atoms with Crippen LogP contribution in [0.2, 0.25) is 0 Å². The zero-order chi connectivity index (χ0) is 19.9. The first-order chi connectivity index (χ1) is 13.5. The van der Waals surface area contributed by atoms with Gasteiger partial charge in [0.2, 0.25) is 11.8 Å². The number of nitrogens with one attached hydrogen (secondary N) is 1. The van der Waals surface area contributed by atoms with Gasteiger partial charge >= 0.3 is 0 Å². The molecule has 0 bridgehead atoms. The van der Waals surface area contributed by atoms with Gasteiger partial charge < -0.3 is 15.0 Å². The molecule has 1 aliphatic rings. The summed E-state index contributed by atoms with van der Waals surface area (Å²) in [5, 5.41) is 2.98. The summed E-state index contributed by atoms with van der Waals surface area (Å²) in [7, 11) is 1.83. The largest absolute Gasteiger partial charge is 0.493 e. The van der Waals surface area contributed by atoms with E-state index in [-0.39, 0.29) is 29.7 Å². The lowest BCUT2D eigenvalue weighted by molar-refractivity contribution is -0.135. The van der Waals surface area contributed by atoms with E-state index in [1.165, 1.54) is 6.92 Å². The van der Waals surface area contributed by atoms with Crippen LogP contribution in [-0.2, 0) is 16.1 Å². The molecule has 2 amide bonds. The molecule has 1 fully saturated rings. The first-order valence-electron chi connectivity index (χ1n) is 9.76. The number of nitrogens with zero attached hydrogens (tertiary/aromatic N) is 1. The molecular weight excluding hydrogens is 352 g/mol. The SMILES string of the molecule is CC(=O)N[C@@H]1C[C@H](COc2ccccc2)C[C@H]1C(=O)N(C)Cc1ccccc1. The van der Waals surface area contributed by atoms with E-state index in [9.17, 15) is 9.59 Å². The Morgan fingerprint density at radius 3 is 2.32 bits per heavy atom. The predicted molar refractivity (Wildman–Crippen MR) is 109 cm³/mol. The number of ether oxygens (including phenoxy) is 1. The quantitative estimate of drug-likeness (QED) is 0.802. The van der Waals surface area contributed by atoms with Gasteiger partial charge in [-0.15, -0.1) is 0 Å². The number of hydrogen-bond donors (Lipinski definition) is 1. The Hall–Kier alpha value is -2.82. The van der Waals surface area contributed by atoms with Crippen molar-refractivity contribution in [3.8, 4) is 5.75 Å². The Kier molecular flexibility index (Phi) is 6.69. The van der Waals surface area contributed by atoms with Crippen LogP contribution in [0.4, 0.5) is 0 Å². The van der Waals surface area contributed by atoms with E-state index in [0.717, 1.165) is 24.2 Å². The van der Waals surface area contributed by atoms with Crippen LogP contribution in [0.3, 0.4) is 0 Å². The third-order valence-corrected chi connectivity index (χ3v) is 5.23. The van der Waals surface area contributed by atoms with Gasteiger partial charge in [0.25, 0.3) is 0 Å². The lowest BCUT2D eigenvalue weighted by Gasteiger charge is -2.25. The summed E-state index contributed by atoms with van der Waals surface area (Å²) >= 11 is 0. The highest BCUT2D eigenvalue weighted by Gasteiger charge is 2.40. The maximum atomic E-state index is 13.1. The molecule has 0 spiro atoms. The Balaban J connectivity index is 1.62. The molecule has 0 radical (unpaired) electrons. The topological polar surface area (TPSA) is 58.6 Å². The van der Waals surface area contributed by atoms with Crippen LogP contribution in [0.1, 0.15) is 25.3 Å². The summed E-state index contributed by atoms with van der Waals surface area (Å²) in [4.78, 5) is 26.5. The standard InChI is InChI=1S/C23H28N2O3/c1-17(26)24-22-14-19(16-28-20-11-7-4-8-12-20)13-21(22)23(27)25(2)15-18-9-5-3-6-10-18/h3-12,19,21-22H,13-16H2,1-2H3,(H,24,26)/t19-,21-,22-/m1/s1. The molecule has 1 aliphatic carbocycles. The van der Waals surface area contributed by atoms with Crippen LogP contribution in [0, 0.1) is 11.8 Å². The van der Waals surface area contributed by atoms with Gasteiger partial charge in [0, 0.05) is 26.6 Å². The number of benzene rings is 2. The molecule has 148 valence electrons. The van der Waals surface area contributed by atoms with Crippen molar-refractivity contribution >= 4 is 11.8 Å². The van der Waals surface area contributed by atoms with E-state index in [2.05, 4.69) is 5.32 Å². The van der Waals surface area contributed by atoms with Gasteiger partial charge in [0.15, 0.2) is 0 Å². The van der Waals surface area contributed by atoms with Crippen molar-refractivity contribution in [1.29, 1.82) is 0 Å². The maximum Gasteiger partial charge on any atom is 0.227 e. The second kappa shape index (κ2) is 9.40. The number of amides is 2. The normalized spacial score (nSPS) is 21.1. The number of carbonyl (C=O) groups excluding carboxylic acids is 2. The van der Waals surface area contributed by atoms with Crippen LogP contribution in [0.25, 0.3) is 0 Å². The summed E-state index contributed by atoms with van der Waals surface area (Å²) in [5.41, 5.74) is 1.09. The molecule has 0 saturated heterocycles. The van der Waals surface area contributed by atoms with Gasteiger partial charge in [-0.2, -0.15) is 0 Å². The van der Waals surface area contributed by atoms with Gasteiger partial charge in [0.1, 0.15) is 5.75 Å². The Labute approximate surface area is 166 Å². The minimum atomic E-state index is -0.220. The summed E-state index contributed by atoms with van der Waals surface area (Å²) in [6, 6.07) is 19.5. The van der Waals surface area contributed by atoms with E-state index < -0.39 is 0 Å². The van der Waals surface area contributed by atoms with Gasteiger partial charge in [-0.1, -0.05) is 48.5 Å². The molecule has 0 aromatic heterocycles. The zero-order valence-electron chi connectivity index (χ0n) is 16.5. The fraction of sp³-hybridized carbons (Fsp3) is 0.391. The molecule has 1 N–H and O–H groups in total. The molecule has 28 heavy (non-hydrogen) atoms. The zero-order valence-corrected chi connectivity index (χ0v) is 16.5. The van der Waals surface area contributed by atoms with Crippen LogP contribution < -0.4 is 10.1 Å². The number of carbonyl (C=O) groups is 2. The van der Waals surface area contributed by atoms with Crippen molar-refractivity contribution in [2.75, 3.05) is 13.7 Å². The van der Waals surface area contributed by atoms with Crippen molar-refractivity contribution in [2.45, 2.75) is 32.4 Å². The highest BCUT2D eigenvalue weighted by molar-refractivity contribution is 5.81. The van der Waals surface area contributed by atoms with Gasteiger partial charge in [-0.05, 0) is 36.5 Å². The summed E-state index contributed by atoms with van der Waals surface area (Å²) in [5.74, 6) is 0.815. The van der Waals surface area contributed by atoms with Crippen molar-refractivity contribution in [3.05, 3.63) is 66.2 Å². The van der Waals surface area contributed by atoms with E-state index >= 15 is 0 Å². The predicted octanol–water partition coefficient (Wildman–Crippen LogP) is 3.25. The van der Waals surface area contributed by atoms with E-state index in [4.69, 9.17) is 4.74 Å². The molecular formula is C23H28N2O3. The Morgan fingerprint density at radius 2 is 1.68 bits per heavy atom. The minimum Gasteiger partial charge on any atom is -0.493 e. The molecule has 5 heteroatoms. The molecule has 2 aromatic carbocycles. The molecule has 3 rings (SSSR count). The fourth-order valence-corrected chi connectivity index (χ4v) is 3.92. The van der Waals surface area contributed by atoms with Crippen molar-refractivity contribution in [3.63, 3.8) is 0 Å². The van der Waals surface area contributed by atoms with Crippen LogP contribution >= 0.6 is 0 Å². The van der Waals surface area contributed by atoms with Crippen LogP contribution in [0.5, 0.6) is 5.75 Å². The minimum absolute atomic E-state index is 0.0739. The van der Waals surface area contributed by atoms with Gasteiger partial charge in [-0.25, -0.2) is 0 Å². The third kappa shape index (κ3) is 5.35. The second-order valence-corrected chi connectivity index (χ2v) is 7.55. The van der Waals surface area contributed by atoms with Gasteiger partial charge in [-0.3, -0.25) is 9.59 Å². The van der Waals surface area contributed by atoms with Crippen molar-refractivity contribution in [2.24, 2.45) is 11.8 Å². The van der Waals surface area contributed by atoms with E-state index in [1.54, 1.807) is 4.90 Å². The van der Waals surface area contributed by atoms with Gasteiger partial charge in [0.05, 0.1) is 12.5 Å². The molecule has 0 unspecified atom stereocenters. The third-order valence-electron chi connectivity index (χ3n) is 5.23. The number of para-hydroxylation sites is 1. The Bertz CT molecular complexity index is 779. The monoisotopic (exact) mass is 380 g/mol. The first-order valence-corrected chi connectivity index (χ1v) is 9.76. The van der Waals surface area contributed by atoms with Crippen LogP contribution in [0.15, 0.2) is 60.7 Å². The highest BCUT2D eigenvalue weighted by atomic mass is 16.5. The maximum absolute atomic E-state index is 13.1. The summed E-state index contributed by atoms with van der Waals surface area (Å²) < 4.78 is 5.89. The highest BCUT2D eigenvalue weighted by Crippen LogP contribution is 2.33. The lowest BCUT2D eigenvalue weighted by Crippen LogP contribution is -2.43. The molecule has 3 atom stereocenters. The summed E-state index contributed by atoms with van der Waals surface area (Å²) in [6.07, 6.45) is 1.47. The molecule has 0 heterocycles. The molecule has 5 nitrogen and oxygen atoms in total. The average Bonchev–Trinajstić information content (AvgIpc) is 3.09. The molecule has 0 aliphatic heterocycles. The second-order valence-electron chi connectivity index (χ2n) is 7.55. The first kappa shape index (κ1) is 19.9. The number of hydrogen-bond acceptors (Lipinski definition) is 3. The fourth-order valence-electron chi connectivity index (χ4n) is 3.92. The van der Waals surface area contributed by atoms with Crippen LogP contribution in [-0.4, -0.2) is 36.4 Å². The Morgan fingerprint density at radius 1 is 1.04 bits per heavy atom. The summed E-state index contributed by atoms with van der Waals surface area (Å²) in [6.45, 7) is 2.61. The lowest BCUT2D eigenvalue weighted by atomic mass is 10.0. The van der Waals surface area contributed by atoms with Crippen molar-refractivity contribution in [1.82, 2.24) is 10.2 Å². The van der Waals surface area contributed by atoms with Crippen molar-refractivity contribution < 1.29 is 14.3 Å². The van der Waals surface area contributed by atoms with E-state index in [1.807, 2.05) is 67.7 Å². The molecule has 1 saturated carbocycles. The molecule has 2 aromatic rings. The number of rotatable bonds is 7. The average molecular weight is 380 g/mol. The van der Waals surface area contributed by atoms with E-state index in [0.29, 0.717) is 13.2 Å².